The molecule has 8 heteroatoms. The van der Waals surface area contributed by atoms with Gasteiger partial charge in [0.1, 0.15) is 0 Å². The largest absolute Gasteiger partial charge is 0.481 e. The number of halogens is 1. The number of thioether (sulfide) groups is 1. The van der Waals surface area contributed by atoms with Crippen molar-refractivity contribution in [3.05, 3.63) is 91.1 Å². The number of carboxylic acids is 1. The number of Topliss-reactive ketones (excluding diaryl/α,β-unsaturated/α-hetero) is 1. The molecule has 1 atom stereocenters. The van der Waals surface area contributed by atoms with Crippen LogP contribution in [-0.2, 0) is 28.2 Å². The Kier molecular flexibility index (Phi) is 10.8. The highest BCUT2D eigenvalue weighted by molar-refractivity contribution is 7.99. The first-order chi connectivity index (χ1) is 17.6. The first-order valence-electron chi connectivity index (χ1n) is 12.2. The standard InChI is InChI=1S/C29H32ClNO4S2/c1-18-13-21(14-19(2)20(18)3)7-6-9-23-11-12-27(37-23)29(35)31-25(15-28(33)34)26(32)17-36-16-22-8-4-5-10-24(22)30/h4-5,8,10-14,25H,6-7,9,15-17H2,1-3H3,(H,31,35)(H,33,34)/t25-/m0/s1. The van der Waals surface area contributed by atoms with Crippen LogP contribution in [0.3, 0.4) is 0 Å². The molecule has 0 bridgehead atoms. The molecule has 3 rings (SSSR count). The predicted octanol–water partition coefficient (Wildman–Crippen LogP) is 6.58. The summed E-state index contributed by atoms with van der Waals surface area (Å²) >= 11 is 8.89. The molecule has 0 saturated carbocycles. The lowest BCUT2D eigenvalue weighted by Crippen LogP contribution is -2.43. The molecule has 0 aliphatic carbocycles. The summed E-state index contributed by atoms with van der Waals surface area (Å²) in [5, 5.41) is 12.5. The second-order valence-electron chi connectivity index (χ2n) is 9.15. The van der Waals surface area contributed by atoms with Crippen molar-refractivity contribution >= 4 is 52.4 Å². The van der Waals surface area contributed by atoms with E-state index in [9.17, 15) is 19.5 Å². The van der Waals surface area contributed by atoms with Gasteiger partial charge in [0.05, 0.1) is 23.1 Å². The summed E-state index contributed by atoms with van der Waals surface area (Å²) in [5.41, 5.74) is 6.16. The smallest absolute Gasteiger partial charge is 0.305 e. The van der Waals surface area contributed by atoms with Crippen LogP contribution in [0.25, 0.3) is 0 Å². The Morgan fingerprint density at radius 3 is 2.41 bits per heavy atom. The number of benzene rings is 2. The molecule has 1 heterocycles. The molecule has 1 aromatic heterocycles. The van der Waals surface area contributed by atoms with Gasteiger partial charge in [0.2, 0.25) is 0 Å². The fraction of sp³-hybridized carbons (Fsp3) is 0.345. The summed E-state index contributed by atoms with van der Waals surface area (Å²) in [6.45, 7) is 6.41. The summed E-state index contributed by atoms with van der Waals surface area (Å²) in [5.74, 6) is -1.28. The van der Waals surface area contributed by atoms with E-state index < -0.39 is 24.3 Å². The third kappa shape index (κ3) is 8.73. The number of hydrogen-bond acceptors (Lipinski definition) is 5. The van der Waals surface area contributed by atoms with Gasteiger partial charge in [-0.2, -0.15) is 0 Å². The van der Waals surface area contributed by atoms with E-state index in [-0.39, 0.29) is 11.5 Å². The summed E-state index contributed by atoms with van der Waals surface area (Å²) in [6.07, 6.45) is 2.32. The molecule has 0 fully saturated rings. The molecule has 37 heavy (non-hydrogen) atoms. The molecule has 0 saturated heterocycles. The molecular formula is C29H32ClNO4S2. The molecule has 0 radical (unpaired) electrons. The number of carbonyl (C=O) groups excluding carboxylic acids is 2. The number of thiophene rings is 1. The van der Waals surface area contributed by atoms with Gasteiger partial charge in [0.15, 0.2) is 5.78 Å². The van der Waals surface area contributed by atoms with Gasteiger partial charge in [0, 0.05) is 15.7 Å². The van der Waals surface area contributed by atoms with Crippen molar-refractivity contribution < 1.29 is 19.5 Å². The topological polar surface area (TPSA) is 83.5 Å². The molecule has 5 nitrogen and oxygen atoms in total. The molecule has 3 aromatic rings. The summed E-state index contributed by atoms with van der Waals surface area (Å²) in [7, 11) is 0. The van der Waals surface area contributed by atoms with Crippen LogP contribution < -0.4 is 5.32 Å². The van der Waals surface area contributed by atoms with Gasteiger partial charge in [0.25, 0.3) is 5.91 Å². The number of carboxylic acid groups (broad SMARTS) is 1. The molecule has 2 N–H and O–H groups in total. The van der Waals surface area contributed by atoms with Gasteiger partial charge in [-0.25, -0.2) is 0 Å². The average Bonchev–Trinajstić information content (AvgIpc) is 3.32. The van der Waals surface area contributed by atoms with E-state index in [0.29, 0.717) is 15.7 Å². The van der Waals surface area contributed by atoms with Gasteiger partial charge in [-0.3, -0.25) is 14.4 Å². The lowest BCUT2D eigenvalue weighted by atomic mass is 9.98. The maximum Gasteiger partial charge on any atom is 0.305 e. The van der Waals surface area contributed by atoms with Crippen LogP contribution in [-0.4, -0.2) is 34.6 Å². The maximum absolute atomic E-state index is 12.8. The van der Waals surface area contributed by atoms with Crippen LogP contribution in [0.5, 0.6) is 0 Å². The van der Waals surface area contributed by atoms with Crippen molar-refractivity contribution in [2.45, 2.75) is 58.2 Å². The van der Waals surface area contributed by atoms with Crippen molar-refractivity contribution in [1.29, 1.82) is 0 Å². The molecule has 1 amide bonds. The number of rotatable bonds is 13. The lowest BCUT2D eigenvalue weighted by Gasteiger charge is -2.15. The summed E-state index contributed by atoms with van der Waals surface area (Å²) in [6, 6.07) is 14.4. The van der Waals surface area contributed by atoms with E-state index in [2.05, 4.69) is 38.2 Å². The zero-order valence-corrected chi connectivity index (χ0v) is 23.7. The van der Waals surface area contributed by atoms with E-state index in [0.717, 1.165) is 29.7 Å². The zero-order chi connectivity index (χ0) is 26.9. The minimum absolute atomic E-state index is 0.0805. The molecular weight excluding hydrogens is 526 g/mol. The lowest BCUT2D eigenvalue weighted by molar-refractivity contribution is -0.139. The van der Waals surface area contributed by atoms with Crippen LogP contribution in [0.2, 0.25) is 5.02 Å². The second kappa shape index (κ2) is 13.8. The fourth-order valence-corrected chi connectivity index (χ4v) is 6.21. The number of ketones is 1. The third-order valence-corrected chi connectivity index (χ3v) is 8.81. The monoisotopic (exact) mass is 557 g/mol. The summed E-state index contributed by atoms with van der Waals surface area (Å²) < 4.78 is 0. The predicted molar refractivity (Wildman–Crippen MR) is 153 cm³/mol. The molecule has 196 valence electrons. The molecule has 0 aliphatic rings. The average molecular weight is 558 g/mol. The van der Waals surface area contributed by atoms with E-state index in [4.69, 9.17) is 11.6 Å². The highest BCUT2D eigenvalue weighted by Gasteiger charge is 2.24. The van der Waals surface area contributed by atoms with E-state index in [1.165, 1.54) is 45.4 Å². The van der Waals surface area contributed by atoms with Crippen molar-refractivity contribution in [3.8, 4) is 0 Å². The Hall–Kier alpha value is -2.61. The number of nitrogens with one attached hydrogen (secondary N) is 1. The Morgan fingerprint density at radius 1 is 1.03 bits per heavy atom. The van der Waals surface area contributed by atoms with Gasteiger partial charge in [-0.15, -0.1) is 23.1 Å². The zero-order valence-electron chi connectivity index (χ0n) is 21.3. The summed E-state index contributed by atoms with van der Waals surface area (Å²) in [4.78, 5) is 38.5. The van der Waals surface area contributed by atoms with E-state index >= 15 is 0 Å². The first-order valence-corrected chi connectivity index (χ1v) is 14.5. The SMILES string of the molecule is Cc1cc(CCCc2ccc(C(=O)N[C@@H](CC(=O)O)C(=O)CSCc3ccccc3Cl)s2)cc(C)c1C. The number of amides is 1. The highest BCUT2D eigenvalue weighted by atomic mass is 35.5. The number of carbonyl (C=O) groups is 3. The first kappa shape index (κ1) is 29.0. The molecule has 0 spiro atoms. The van der Waals surface area contributed by atoms with Gasteiger partial charge in [-0.05, 0) is 86.1 Å². The Bertz CT molecular complexity index is 1250. The number of aliphatic carboxylic acids is 1. The molecule has 0 unspecified atom stereocenters. The third-order valence-electron chi connectivity index (χ3n) is 6.29. The minimum Gasteiger partial charge on any atom is -0.481 e. The van der Waals surface area contributed by atoms with Crippen molar-refractivity contribution in [2.75, 3.05) is 5.75 Å². The maximum atomic E-state index is 12.8. The van der Waals surface area contributed by atoms with Gasteiger partial charge >= 0.3 is 5.97 Å². The van der Waals surface area contributed by atoms with Crippen molar-refractivity contribution in [2.24, 2.45) is 0 Å². The highest BCUT2D eigenvalue weighted by Crippen LogP contribution is 2.23. The number of hydrogen-bond donors (Lipinski definition) is 2. The van der Waals surface area contributed by atoms with Crippen LogP contribution in [0, 0.1) is 20.8 Å². The van der Waals surface area contributed by atoms with Gasteiger partial charge in [-0.1, -0.05) is 41.9 Å². The Morgan fingerprint density at radius 2 is 1.73 bits per heavy atom. The normalized spacial score (nSPS) is 11.8. The van der Waals surface area contributed by atoms with Gasteiger partial charge < -0.3 is 10.4 Å². The molecule has 2 aromatic carbocycles. The van der Waals surface area contributed by atoms with Crippen LogP contribution >= 0.6 is 34.7 Å². The van der Waals surface area contributed by atoms with E-state index in [1.807, 2.05) is 24.3 Å². The van der Waals surface area contributed by atoms with Crippen LogP contribution in [0.4, 0.5) is 0 Å². The number of aryl methyl sites for hydroxylation is 4. The molecule has 0 aliphatic heterocycles. The van der Waals surface area contributed by atoms with E-state index in [1.54, 1.807) is 12.1 Å². The van der Waals surface area contributed by atoms with Crippen LogP contribution in [0.15, 0.2) is 48.5 Å². The fourth-order valence-electron chi connectivity index (χ4n) is 4.00. The minimum atomic E-state index is -1.14. The van der Waals surface area contributed by atoms with Crippen molar-refractivity contribution in [3.63, 3.8) is 0 Å². The quantitative estimate of drug-likeness (QED) is 0.248. The van der Waals surface area contributed by atoms with Crippen molar-refractivity contribution in [1.82, 2.24) is 5.32 Å². The second-order valence-corrected chi connectivity index (χ2v) is 11.7. The Balaban J connectivity index is 1.53. The Labute approximate surface area is 231 Å². The van der Waals surface area contributed by atoms with Crippen LogP contribution in [0.1, 0.15) is 55.2 Å².